The van der Waals surface area contributed by atoms with E-state index in [1.807, 2.05) is 13.0 Å². The number of aliphatic hydroxyl groups is 1. The van der Waals surface area contributed by atoms with Gasteiger partial charge in [0, 0.05) is 23.6 Å². The second-order valence-corrected chi connectivity index (χ2v) is 9.81. The van der Waals surface area contributed by atoms with Crippen molar-refractivity contribution < 1.29 is 19.1 Å². The lowest BCUT2D eigenvalue weighted by molar-refractivity contribution is -0.127. The van der Waals surface area contributed by atoms with Gasteiger partial charge in [0.2, 0.25) is 5.91 Å². The third-order valence-corrected chi connectivity index (χ3v) is 8.25. The number of nitrogens with zero attached hydrogens (tertiary/aromatic N) is 2. The number of halogens is 1. The Morgan fingerprint density at radius 2 is 2.15 bits per heavy atom. The van der Waals surface area contributed by atoms with Gasteiger partial charge in [-0.15, -0.1) is 5.10 Å². The van der Waals surface area contributed by atoms with Gasteiger partial charge in [0.05, 0.1) is 6.26 Å². The summed E-state index contributed by atoms with van der Waals surface area (Å²) < 4.78 is 14.5. The zero-order valence-electron chi connectivity index (χ0n) is 18.6. The number of benzene rings is 1. The molecule has 3 aliphatic carbocycles. The van der Waals surface area contributed by atoms with E-state index in [4.69, 9.17) is 0 Å². The van der Waals surface area contributed by atoms with Crippen molar-refractivity contribution in [3.63, 3.8) is 0 Å². The standard InChI is InChI=1S/C26H28FN3O3/c1-26-12-11-16-15-4-2-5-21(27)17(15)7-8-18(16)24(26)19(20(14-31)25(26)33)9-10-23(32)29-22-6-3-13-28-30-22/h2-6,13-14,16,18-19,24,31H,7-12H2,1H3,(H,29,30,32)/b20-14-/t16?,18?,19-,24?,26+/m1/s1. The predicted molar refractivity (Wildman–Crippen MR) is 121 cm³/mol. The first kappa shape index (κ1) is 21.7. The molecule has 0 bridgehead atoms. The molecule has 2 aromatic rings. The second-order valence-electron chi connectivity index (χ2n) is 9.81. The van der Waals surface area contributed by atoms with E-state index < -0.39 is 5.41 Å². The first-order valence-electron chi connectivity index (χ1n) is 11.7. The number of ketones is 1. The predicted octanol–water partition coefficient (Wildman–Crippen LogP) is 4.74. The molecule has 6 nitrogen and oxygen atoms in total. The van der Waals surface area contributed by atoms with Crippen LogP contribution in [0.1, 0.15) is 56.1 Å². The molecule has 2 N–H and O–H groups in total. The molecule has 0 aliphatic heterocycles. The smallest absolute Gasteiger partial charge is 0.225 e. The fourth-order valence-electron chi connectivity index (χ4n) is 6.87. The van der Waals surface area contributed by atoms with Crippen LogP contribution >= 0.6 is 0 Å². The van der Waals surface area contributed by atoms with Gasteiger partial charge in [-0.2, -0.15) is 5.10 Å². The van der Waals surface area contributed by atoms with Gasteiger partial charge in [-0.25, -0.2) is 4.39 Å². The Kier molecular flexibility index (Phi) is 5.51. The van der Waals surface area contributed by atoms with Crippen LogP contribution in [0.2, 0.25) is 0 Å². The quantitative estimate of drug-likeness (QED) is 0.520. The highest BCUT2D eigenvalue weighted by Crippen LogP contribution is 2.63. The number of hydrogen-bond acceptors (Lipinski definition) is 5. The van der Waals surface area contributed by atoms with Crippen molar-refractivity contribution in [2.45, 2.75) is 51.4 Å². The lowest BCUT2D eigenvalue weighted by Gasteiger charge is -2.49. The minimum absolute atomic E-state index is 0.00202. The maximum atomic E-state index is 14.5. The summed E-state index contributed by atoms with van der Waals surface area (Å²) in [5, 5.41) is 20.4. The van der Waals surface area contributed by atoms with Crippen molar-refractivity contribution in [1.82, 2.24) is 10.2 Å². The molecule has 0 saturated heterocycles. The minimum atomic E-state index is -0.563. The van der Waals surface area contributed by atoms with Gasteiger partial charge in [-0.05, 0) is 85.1 Å². The number of aliphatic hydroxyl groups excluding tert-OH is 1. The van der Waals surface area contributed by atoms with Gasteiger partial charge in [0.25, 0.3) is 0 Å². The van der Waals surface area contributed by atoms with Crippen molar-refractivity contribution in [2.24, 2.45) is 23.2 Å². The third kappa shape index (κ3) is 3.54. The minimum Gasteiger partial charge on any atom is -0.515 e. The maximum absolute atomic E-state index is 14.5. The van der Waals surface area contributed by atoms with Crippen LogP contribution in [0.25, 0.3) is 0 Å². The monoisotopic (exact) mass is 449 g/mol. The van der Waals surface area contributed by atoms with Crippen LogP contribution in [0.15, 0.2) is 48.4 Å². The number of nitrogens with one attached hydrogen (secondary N) is 1. The third-order valence-electron chi connectivity index (χ3n) is 8.25. The Hall–Kier alpha value is -3.09. The summed E-state index contributed by atoms with van der Waals surface area (Å²) in [7, 11) is 0. The number of amides is 1. The molecule has 5 atom stereocenters. The molecule has 7 heteroatoms. The summed E-state index contributed by atoms with van der Waals surface area (Å²) in [4.78, 5) is 26.0. The van der Waals surface area contributed by atoms with Crippen LogP contribution < -0.4 is 5.32 Å². The molecule has 0 spiro atoms. The van der Waals surface area contributed by atoms with Crippen LogP contribution in [0.4, 0.5) is 10.2 Å². The van der Waals surface area contributed by atoms with Crippen LogP contribution in [-0.4, -0.2) is 27.0 Å². The maximum Gasteiger partial charge on any atom is 0.225 e. The number of fused-ring (bicyclic) bond motifs is 5. The highest BCUT2D eigenvalue weighted by molar-refractivity contribution is 6.03. The molecule has 0 radical (unpaired) electrons. The Balaban J connectivity index is 1.41. The number of aromatic nitrogens is 2. The van der Waals surface area contributed by atoms with Crippen molar-refractivity contribution >= 4 is 17.5 Å². The van der Waals surface area contributed by atoms with Gasteiger partial charge in [-0.3, -0.25) is 9.59 Å². The number of hydrogen-bond donors (Lipinski definition) is 2. The summed E-state index contributed by atoms with van der Waals surface area (Å²) >= 11 is 0. The van der Waals surface area contributed by atoms with Crippen LogP contribution in [-0.2, 0) is 16.0 Å². The van der Waals surface area contributed by atoms with Crippen LogP contribution in [0.5, 0.6) is 0 Å². The molecular weight excluding hydrogens is 421 g/mol. The lowest BCUT2D eigenvalue weighted by atomic mass is 9.54. The normalized spacial score (nSPS) is 31.6. The number of allylic oxidation sites excluding steroid dienone is 1. The first-order valence-corrected chi connectivity index (χ1v) is 11.7. The zero-order chi connectivity index (χ0) is 23.2. The van der Waals surface area contributed by atoms with Gasteiger partial charge < -0.3 is 10.4 Å². The van der Waals surface area contributed by atoms with Crippen molar-refractivity contribution in [1.29, 1.82) is 0 Å². The second kappa shape index (κ2) is 8.36. The molecule has 33 heavy (non-hydrogen) atoms. The highest BCUT2D eigenvalue weighted by atomic mass is 19.1. The van der Waals surface area contributed by atoms with Crippen LogP contribution in [0, 0.1) is 29.0 Å². The van der Waals surface area contributed by atoms with E-state index in [0.29, 0.717) is 30.7 Å². The number of carbonyl (C=O) groups is 2. The number of carbonyl (C=O) groups excluding carboxylic acids is 2. The van der Waals surface area contributed by atoms with Crippen molar-refractivity contribution in [3.8, 4) is 0 Å². The average molecular weight is 450 g/mol. The van der Waals surface area contributed by atoms with Gasteiger partial charge in [-0.1, -0.05) is 19.1 Å². The molecule has 1 amide bonds. The summed E-state index contributed by atoms with van der Waals surface area (Å²) in [6, 6.07) is 8.70. The molecule has 2 saturated carbocycles. The number of rotatable bonds is 4. The molecule has 172 valence electrons. The Bertz CT molecular complexity index is 1120. The fourth-order valence-corrected chi connectivity index (χ4v) is 6.87. The van der Waals surface area contributed by atoms with E-state index in [1.54, 1.807) is 18.2 Å². The van der Waals surface area contributed by atoms with E-state index >= 15 is 0 Å². The van der Waals surface area contributed by atoms with Crippen LogP contribution in [0.3, 0.4) is 0 Å². The Morgan fingerprint density at radius 3 is 2.91 bits per heavy atom. The molecule has 1 heterocycles. The number of Topliss-reactive ketones (excluding diaryl/α,β-unsaturated/α-hetero) is 1. The van der Waals surface area contributed by atoms with Crippen molar-refractivity contribution in [3.05, 3.63) is 65.3 Å². The first-order chi connectivity index (χ1) is 15.9. The van der Waals surface area contributed by atoms with E-state index in [-0.39, 0.29) is 47.6 Å². The molecule has 2 fully saturated rings. The van der Waals surface area contributed by atoms with Crippen molar-refractivity contribution in [2.75, 3.05) is 5.32 Å². The van der Waals surface area contributed by atoms with E-state index in [1.165, 1.54) is 12.3 Å². The molecule has 1 aromatic heterocycles. The molecule has 1 aromatic carbocycles. The summed E-state index contributed by atoms with van der Waals surface area (Å²) in [5.41, 5.74) is 1.75. The SMILES string of the molecule is C[C@]12CCC3c4cccc(F)c4CCC3C1[C@H](CCC(=O)Nc1cccnn1)/C(=C/O)C2=O. The van der Waals surface area contributed by atoms with Gasteiger partial charge >= 0.3 is 0 Å². The zero-order valence-corrected chi connectivity index (χ0v) is 18.6. The largest absolute Gasteiger partial charge is 0.515 e. The number of anilines is 1. The van der Waals surface area contributed by atoms with E-state index in [9.17, 15) is 19.1 Å². The molecule has 3 aliphatic rings. The molecule has 5 rings (SSSR count). The average Bonchev–Trinajstić information content (AvgIpc) is 3.04. The van der Waals surface area contributed by atoms with E-state index in [0.717, 1.165) is 30.2 Å². The molecule has 3 unspecified atom stereocenters. The summed E-state index contributed by atoms with van der Waals surface area (Å²) in [6.45, 7) is 2.01. The molecular formula is C26H28FN3O3. The fraction of sp³-hybridized carbons (Fsp3) is 0.462. The Morgan fingerprint density at radius 1 is 1.30 bits per heavy atom. The topological polar surface area (TPSA) is 92.2 Å². The van der Waals surface area contributed by atoms with Gasteiger partial charge in [0.1, 0.15) is 5.82 Å². The summed E-state index contributed by atoms with van der Waals surface area (Å²) in [5.74, 6) is 0.268. The van der Waals surface area contributed by atoms with Gasteiger partial charge in [0.15, 0.2) is 11.6 Å². The highest BCUT2D eigenvalue weighted by Gasteiger charge is 2.60. The summed E-state index contributed by atoms with van der Waals surface area (Å²) in [6.07, 6.45) is 6.17. The van der Waals surface area contributed by atoms with E-state index in [2.05, 4.69) is 15.5 Å². The lowest BCUT2D eigenvalue weighted by Crippen LogP contribution is -2.44. The Labute approximate surface area is 192 Å².